The molecule has 6 rings (SSSR count). The number of carbonyl (C=O) groups is 3. The summed E-state index contributed by atoms with van der Waals surface area (Å²) >= 11 is 0. The first kappa shape index (κ1) is 28.7. The van der Waals surface area contributed by atoms with Crippen LogP contribution in [0.3, 0.4) is 0 Å². The Kier molecular flexibility index (Phi) is 7.13. The highest BCUT2D eigenvalue weighted by Gasteiger charge is 2.61. The lowest BCUT2D eigenvalue weighted by Crippen LogP contribution is -2.55. The molecule has 1 spiro atoms. The number of nitrogens with zero attached hydrogens (tertiary/aromatic N) is 3. The van der Waals surface area contributed by atoms with E-state index in [0.29, 0.717) is 6.42 Å². The van der Waals surface area contributed by atoms with Crippen LogP contribution < -0.4 is 15.9 Å². The molecule has 4 atom stereocenters. The van der Waals surface area contributed by atoms with Crippen LogP contribution in [0.15, 0.2) is 59.5 Å². The lowest BCUT2D eigenvalue weighted by atomic mass is 9.82. The number of pyridine rings is 1. The van der Waals surface area contributed by atoms with Crippen LogP contribution in [0.5, 0.6) is 5.75 Å². The number of ether oxygens (including phenoxy) is 1. The number of amides is 2. The van der Waals surface area contributed by atoms with Crippen molar-refractivity contribution in [3.05, 3.63) is 99.0 Å². The first-order chi connectivity index (χ1) is 20.5. The molecule has 1 aromatic heterocycles. The maximum absolute atomic E-state index is 14.6. The Bertz CT molecular complexity index is 1700. The summed E-state index contributed by atoms with van der Waals surface area (Å²) < 4.78 is 35.5. The number of primary amides is 1. The molecular formula is C31H30F2N4O6. The van der Waals surface area contributed by atoms with Crippen molar-refractivity contribution in [1.82, 2.24) is 14.5 Å². The number of benzene rings is 2. The normalized spacial score (nSPS) is 25.1. The number of nitrogens with two attached hydrogens (primary N) is 1. The Hall–Kier alpha value is -4.42. The summed E-state index contributed by atoms with van der Waals surface area (Å²) in [5, 5.41) is 1.36. The third-order valence-electron chi connectivity index (χ3n) is 8.71. The van der Waals surface area contributed by atoms with E-state index >= 15 is 0 Å². The van der Waals surface area contributed by atoms with Crippen molar-refractivity contribution in [3.8, 4) is 5.75 Å². The van der Waals surface area contributed by atoms with Gasteiger partial charge in [0.15, 0.2) is 22.8 Å². The second-order valence-electron chi connectivity index (χ2n) is 11.3. The van der Waals surface area contributed by atoms with Crippen LogP contribution in [0.4, 0.5) is 8.78 Å². The minimum atomic E-state index is -1.53. The van der Waals surface area contributed by atoms with E-state index in [2.05, 4.69) is 0 Å². The zero-order chi connectivity index (χ0) is 30.6. The second-order valence-corrected chi connectivity index (χ2v) is 11.3. The molecule has 2 aromatic carbocycles. The minimum absolute atomic E-state index is 0.0450. The van der Waals surface area contributed by atoms with Crippen molar-refractivity contribution in [2.24, 2.45) is 5.73 Å². The van der Waals surface area contributed by atoms with Crippen molar-refractivity contribution >= 4 is 17.6 Å². The fourth-order valence-corrected chi connectivity index (χ4v) is 6.29. The monoisotopic (exact) mass is 592 g/mol. The number of Topliss-reactive ketones (excluding diaryl/α,β-unsaturated/α-hetero) is 1. The molecular weight excluding hydrogens is 562 g/mol. The molecule has 3 aromatic rings. The maximum Gasteiger partial charge on any atom is 0.274 e. The van der Waals surface area contributed by atoms with E-state index in [4.69, 9.17) is 15.3 Å². The van der Waals surface area contributed by atoms with Gasteiger partial charge < -0.3 is 19.9 Å². The summed E-state index contributed by atoms with van der Waals surface area (Å²) in [6.45, 7) is 3.32. The zero-order valence-electron chi connectivity index (χ0n) is 23.6. The Morgan fingerprint density at radius 3 is 2.56 bits per heavy atom. The molecule has 2 saturated heterocycles. The molecule has 224 valence electrons. The van der Waals surface area contributed by atoms with Gasteiger partial charge in [0.05, 0.1) is 18.6 Å². The molecule has 10 nitrogen and oxygen atoms in total. The van der Waals surface area contributed by atoms with Gasteiger partial charge in [-0.25, -0.2) is 8.78 Å². The molecule has 3 aliphatic heterocycles. The summed E-state index contributed by atoms with van der Waals surface area (Å²) in [5.74, 6) is -3.65. The van der Waals surface area contributed by atoms with Crippen molar-refractivity contribution in [2.75, 3.05) is 6.54 Å². The summed E-state index contributed by atoms with van der Waals surface area (Å²) in [6.07, 6.45) is 1.80. The summed E-state index contributed by atoms with van der Waals surface area (Å²) in [7, 11) is 0. The lowest BCUT2D eigenvalue weighted by Gasteiger charge is -2.42. The van der Waals surface area contributed by atoms with E-state index in [1.54, 1.807) is 36.1 Å². The molecule has 3 aliphatic rings. The number of hydrogen-bond acceptors (Lipinski definition) is 7. The largest absolute Gasteiger partial charge is 0.483 e. The molecule has 0 radical (unpaired) electrons. The van der Waals surface area contributed by atoms with Gasteiger partial charge in [-0.1, -0.05) is 36.4 Å². The molecule has 0 aliphatic carbocycles. The van der Waals surface area contributed by atoms with Crippen molar-refractivity contribution in [2.45, 2.75) is 63.6 Å². The Morgan fingerprint density at radius 2 is 1.86 bits per heavy atom. The SMILES string of the molecule is CC1C(=O)[C@]2(CC[C@H](C)N3C[C@H]2n2cc(C(N)=O)c(=O)c(OCc4ccccc4)c2C3=O)ON1Cc1ccc(F)cc1F. The average Bonchev–Trinajstić information content (AvgIpc) is 3.13. The molecule has 2 N–H and O–H groups in total. The van der Waals surface area contributed by atoms with Crippen molar-refractivity contribution in [1.29, 1.82) is 0 Å². The number of rotatable bonds is 6. The predicted molar refractivity (Wildman–Crippen MR) is 149 cm³/mol. The van der Waals surface area contributed by atoms with Crippen LogP contribution in [-0.4, -0.2) is 56.4 Å². The molecule has 4 heterocycles. The molecule has 2 bridgehead atoms. The summed E-state index contributed by atoms with van der Waals surface area (Å²) in [4.78, 5) is 62.0. The van der Waals surface area contributed by atoms with Crippen molar-refractivity contribution in [3.63, 3.8) is 0 Å². The third kappa shape index (κ3) is 4.70. The predicted octanol–water partition coefficient (Wildman–Crippen LogP) is 3.13. The first-order valence-corrected chi connectivity index (χ1v) is 14.0. The van der Waals surface area contributed by atoms with Crippen LogP contribution in [0.1, 0.15) is 64.7 Å². The van der Waals surface area contributed by atoms with Gasteiger partial charge in [-0.05, 0) is 38.3 Å². The fraction of sp³-hybridized carbons (Fsp3) is 0.355. The van der Waals surface area contributed by atoms with Gasteiger partial charge in [-0.3, -0.25) is 24.0 Å². The van der Waals surface area contributed by atoms with E-state index < -0.39 is 52.1 Å². The van der Waals surface area contributed by atoms with Gasteiger partial charge in [0.2, 0.25) is 5.43 Å². The fourth-order valence-electron chi connectivity index (χ4n) is 6.29. The van der Waals surface area contributed by atoms with E-state index in [1.165, 1.54) is 21.9 Å². The number of halogens is 2. The quantitative estimate of drug-likeness (QED) is 0.467. The Labute approximate surface area is 245 Å². The van der Waals surface area contributed by atoms with Crippen LogP contribution in [0.2, 0.25) is 0 Å². The number of aromatic nitrogens is 1. The van der Waals surface area contributed by atoms with Gasteiger partial charge in [-0.2, -0.15) is 5.06 Å². The van der Waals surface area contributed by atoms with E-state index in [-0.39, 0.29) is 54.9 Å². The smallest absolute Gasteiger partial charge is 0.274 e. The number of carbonyl (C=O) groups excluding carboxylic acids is 3. The van der Waals surface area contributed by atoms with Crippen LogP contribution in [0.25, 0.3) is 0 Å². The Balaban J connectivity index is 1.47. The molecule has 2 fully saturated rings. The van der Waals surface area contributed by atoms with E-state index in [1.807, 2.05) is 13.0 Å². The highest BCUT2D eigenvalue weighted by Crippen LogP contribution is 2.47. The summed E-state index contributed by atoms with van der Waals surface area (Å²) in [6, 6.07) is 10.2. The summed E-state index contributed by atoms with van der Waals surface area (Å²) in [5.41, 5.74) is 3.59. The molecule has 0 saturated carbocycles. The van der Waals surface area contributed by atoms with Gasteiger partial charge in [0.1, 0.15) is 23.8 Å². The minimum Gasteiger partial charge on any atom is -0.483 e. The zero-order valence-corrected chi connectivity index (χ0v) is 23.6. The highest BCUT2D eigenvalue weighted by molar-refractivity contribution is 6.00. The lowest BCUT2D eigenvalue weighted by molar-refractivity contribution is -0.224. The molecule has 2 amide bonds. The molecule has 1 unspecified atom stereocenters. The number of hydroxylamine groups is 2. The van der Waals surface area contributed by atoms with Crippen LogP contribution in [-0.2, 0) is 22.8 Å². The maximum atomic E-state index is 14.6. The van der Waals surface area contributed by atoms with Gasteiger partial charge in [0.25, 0.3) is 11.8 Å². The molecule has 43 heavy (non-hydrogen) atoms. The van der Waals surface area contributed by atoms with Crippen LogP contribution in [0, 0.1) is 11.6 Å². The van der Waals surface area contributed by atoms with Crippen LogP contribution >= 0.6 is 0 Å². The second kappa shape index (κ2) is 10.7. The standard InChI is InChI=1S/C31H30F2N4O6/c1-17-10-11-31(28(39)18(2)37(43-31)13-20-8-9-21(32)12-23(20)33)24-15-35(17)30(41)25-27(42-16-19-6-4-3-5-7-19)26(38)22(29(34)40)14-36(24)25/h3-9,12,14,17-18,24H,10-11,13,15-16H2,1-2H3,(H2,34,40)/t17-,18?,24+,31+/m0/s1. The third-order valence-corrected chi connectivity index (χ3v) is 8.71. The van der Waals surface area contributed by atoms with E-state index in [9.17, 15) is 28.0 Å². The number of fused-ring (bicyclic) bond motifs is 5. The topological polar surface area (TPSA) is 124 Å². The van der Waals surface area contributed by atoms with Gasteiger partial charge >= 0.3 is 0 Å². The number of ketones is 1. The first-order valence-electron chi connectivity index (χ1n) is 14.0. The average molecular weight is 593 g/mol. The van der Waals surface area contributed by atoms with Gasteiger partial charge in [-0.15, -0.1) is 0 Å². The van der Waals surface area contributed by atoms with Crippen molar-refractivity contribution < 1.29 is 32.7 Å². The highest BCUT2D eigenvalue weighted by atomic mass is 19.1. The Morgan fingerprint density at radius 1 is 1.12 bits per heavy atom. The molecule has 12 heteroatoms. The van der Waals surface area contributed by atoms with E-state index in [0.717, 1.165) is 17.7 Å². The number of hydrogen-bond donors (Lipinski definition) is 1. The van der Waals surface area contributed by atoms with Gasteiger partial charge in [0, 0.05) is 30.4 Å².